The van der Waals surface area contributed by atoms with E-state index >= 15 is 0 Å². The maximum Gasteiger partial charge on any atom is 0.340 e. The van der Waals surface area contributed by atoms with Crippen molar-refractivity contribution in [2.75, 3.05) is 11.6 Å². The van der Waals surface area contributed by atoms with Crippen molar-refractivity contribution in [3.05, 3.63) is 59.7 Å². The van der Waals surface area contributed by atoms with E-state index in [-0.39, 0.29) is 16.1 Å². The number of nitrogens with one attached hydrogen (secondary N) is 1. The van der Waals surface area contributed by atoms with Crippen molar-refractivity contribution in [2.45, 2.75) is 17.9 Å². The van der Waals surface area contributed by atoms with Crippen molar-refractivity contribution in [1.82, 2.24) is 0 Å². The van der Waals surface area contributed by atoms with Crippen LogP contribution in [0.2, 0.25) is 0 Å². The van der Waals surface area contributed by atoms with Crippen LogP contribution < -0.4 is 5.32 Å². The maximum absolute atomic E-state index is 13.5. The third-order valence-corrected chi connectivity index (χ3v) is 4.23. The molecule has 0 bridgehead atoms. The van der Waals surface area contributed by atoms with Crippen molar-refractivity contribution in [2.24, 2.45) is 0 Å². The van der Waals surface area contributed by atoms with E-state index in [1.807, 2.05) is 0 Å². The molecule has 5 nitrogen and oxygen atoms in total. The molecule has 132 valence electrons. The van der Waals surface area contributed by atoms with Gasteiger partial charge in [0.2, 0.25) is 0 Å². The number of anilines is 1. The van der Waals surface area contributed by atoms with Gasteiger partial charge in [-0.3, -0.25) is 9.00 Å². The highest BCUT2D eigenvalue weighted by atomic mass is 32.2. The Morgan fingerprint density at radius 2 is 1.84 bits per heavy atom. The summed E-state index contributed by atoms with van der Waals surface area (Å²) < 4.78 is 43.3. The number of hydrogen-bond donors (Lipinski definition) is 1. The summed E-state index contributed by atoms with van der Waals surface area (Å²) in [5, 5.41) is 2.15. The van der Waals surface area contributed by atoms with Gasteiger partial charge in [0.25, 0.3) is 5.91 Å². The molecule has 1 N–H and O–H groups in total. The molecule has 2 rings (SSSR count). The molecule has 0 heterocycles. The van der Waals surface area contributed by atoms with E-state index in [2.05, 4.69) is 5.32 Å². The second kappa shape index (κ2) is 7.98. The summed E-state index contributed by atoms with van der Waals surface area (Å²) in [7, 11) is -1.42. The van der Waals surface area contributed by atoms with Gasteiger partial charge in [0.05, 0.1) is 26.9 Å². The lowest BCUT2D eigenvalue weighted by Gasteiger charge is -2.15. The van der Waals surface area contributed by atoms with Gasteiger partial charge in [-0.1, -0.05) is 12.1 Å². The van der Waals surface area contributed by atoms with Crippen LogP contribution >= 0.6 is 0 Å². The first-order chi connectivity index (χ1) is 11.8. The van der Waals surface area contributed by atoms with Gasteiger partial charge in [-0.15, -0.1) is 0 Å². The Hall–Kier alpha value is -2.61. The van der Waals surface area contributed by atoms with Gasteiger partial charge >= 0.3 is 5.97 Å². The molecule has 2 atom stereocenters. The van der Waals surface area contributed by atoms with E-state index in [0.717, 1.165) is 18.2 Å². The fraction of sp³-hybridized carbons (Fsp3) is 0.176. The summed E-state index contributed by atoms with van der Waals surface area (Å²) in [5.41, 5.74) is -0.289. The molecule has 1 amide bonds. The molecule has 0 aliphatic rings. The fourth-order valence-corrected chi connectivity index (χ4v) is 2.72. The predicted molar refractivity (Wildman–Crippen MR) is 88.6 cm³/mol. The van der Waals surface area contributed by atoms with Gasteiger partial charge in [-0.05, 0) is 31.2 Å². The van der Waals surface area contributed by atoms with Crippen molar-refractivity contribution in [1.29, 1.82) is 0 Å². The number of carbonyl (C=O) groups is 2. The first-order valence-corrected chi connectivity index (χ1v) is 8.74. The van der Waals surface area contributed by atoms with Gasteiger partial charge < -0.3 is 10.1 Å². The van der Waals surface area contributed by atoms with Crippen molar-refractivity contribution >= 4 is 28.4 Å². The average Bonchev–Trinajstić information content (AvgIpc) is 2.57. The Labute approximate surface area is 145 Å². The summed E-state index contributed by atoms with van der Waals surface area (Å²) in [5.74, 6) is -3.21. The van der Waals surface area contributed by atoms with Crippen LogP contribution in [0.1, 0.15) is 17.3 Å². The first-order valence-electron chi connectivity index (χ1n) is 7.19. The van der Waals surface area contributed by atoms with Crippen LogP contribution in [-0.4, -0.2) is 28.4 Å². The minimum atomic E-state index is -1.42. The normalized spacial score (nSPS) is 13.0. The zero-order valence-electron chi connectivity index (χ0n) is 13.4. The van der Waals surface area contributed by atoms with Crippen molar-refractivity contribution in [3.63, 3.8) is 0 Å². The Bertz CT molecular complexity index is 841. The Kier molecular flexibility index (Phi) is 5.97. The van der Waals surface area contributed by atoms with Crippen molar-refractivity contribution < 1.29 is 27.3 Å². The molecule has 0 fully saturated rings. The molecule has 2 aromatic carbocycles. The number of benzene rings is 2. The van der Waals surface area contributed by atoms with Crippen LogP contribution in [0.4, 0.5) is 14.5 Å². The lowest BCUT2D eigenvalue weighted by Crippen LogP contribution is -2.30. The van der Waals surface area contributed by atoms with E-state index in [9.17, 15) is 22.6 Å². The number of hydrogen-bond acceptors (Lipinski definition) is 4. The highest BCUT2D eigenvalue weighted by Gasteiger charge is 2.22. The summed E-state index contributed by atoms with van der Waals surface area (Å²) in [6, 6.07) is 8.73. The van der Waals surface area contributed by atoms with Gasteiger partial charge in [-0.2, -0.15) is 0 Å². The fourth-order valence-electron chi connectivity index (χ4n) is 1.99. The van der Waals surface area contributed by atoms with Crippen LogP contribution in [0, 0.1) is 11.6 Å². The molecular weight excluding hydrogens is 352 g/mol. The monoisotopic (exact) mass is 367 g/mol. The zero-order chi connectivity index (χ0) is 18.6. The number of amides is 1. The van der Waals surface area contributed by atoms with Gasteiger partial charge in [0, 0.05) is 12.3 Å². The Balaban J connectivity index is 2.10. The maximum atomic E-state index is 13.5. The van der Waals surface area contributed by atoms with E-state index in [4.69, 9.17) is 4.74 Å². The van der Waals surface area contributed by atoms with E-state index in [1.54, 1.807) is 12.1 Å². The third kappa shape index (κ3) is 4.69. The van der Waals surface area contributed by atoms with E-state index in [0.29, 0.717) is 0 Å². The molecule has 0 spiro atoms. The zero-order valence-corrected chi connectivity index (χ0v) is 14.2. The quantitative estimate of drug-likeness (QED) is 0.825. The highest BCUT2D eigenvalue weighted by molar-refractivity contribution is 7.84. The van der Waals surface area contributed by atoms with E-state index in [1.165, 1.54) is 25.3 Å². The number of esters is 1. The van der Waals surface area contributed by atoms with Crippen LogP contribution in [-0.2, 0) is 20.3 Å². The minimum Gasteiger partial charge on any atom is -0.449 e. The van der Waals surface area contributed by atoms with Gasteiger partial charge in [0.1, 0.15) is 11.6 Å². The molecule has 25 heavy (non-hydrogen) atoms. The lowest BCUT2D eigenvalue weighted by atomic mass is 10.2. The summed E-state index contributed by atoms with van der Waals surface area (Å²) >= 11 is 0. The molecule has 0 unspecified atom stereocenters. The minimum absolute atomic E-state index is 0.0694. The smallest absolute Gasteiger partial charge is 0.340 e. The molecule has 0 aliphatic carbocycles. The average molecular weight is 367 g/mol. The first kappa shape index (κ1) is 18.7. The van der Waals surface area contributed by atoms with E-state index < -0.39 is 40.4 Å². The predicted octanol–water partition coefficient (Wildman–Crippen LogP) is 2.89. The second-order valence-electron chi connectivity index (χ2n) is 5.11. The molecule has 0 radical (unpaired) electrons. The molecule has 0 aliphatic heterocycles. The molecule has 0 saturated carbocycles. The molecular formula is C17H15F2NO4S. The summed E-state index contributed by atoms with van der Waals surface area (Å²) in [6.07, 6.45) is 0.142. The SMILES string of the molecule is C[C@H](OC(=O)c1ccccc1[S@@](C)=O)C(=O)Nc1cc(F)ccc1F. The number of ether oxygens (including phenoxy) is 1. The van der Waals surface area contributed by atoms with Crippen LogP contribution in [0.5, 0.6) is 0 Å². The largest absolute Gasteiger partial charge is 0.449 e. The molecule has 0 aromatic heterocycles. The molecule has 0 saturated heterocycles. The van der Waals surface area contributed by atoms with Gasteiger partial charge in [0.15, 0.2) is 6.10 Å². The van der Waals surface area contributed by atoms with Crippen molar-refractivity contribution in [3.8, 4) is 0 Å². The third-order valence-electron chi connectivity index (χ3n) is 3.26. The second-order valence-corrected chi connectivity index (χ2v) is 6.46. The van der Waals surface area contributed by atoms with Crippen LogP contribution in [0.15, 0.2) is 47.4 Å². The number of carbonyl (C=O) groups excluding carboxylic acids is 2. The van der Waals surface area contributed by atoms with Crippen LogP contribution in [0.25, 0.3) is 0 Å². The standard InChI is InChI=1S/C17H15F2NO4S/c1-10(16(21)20-14-9-11(18)7-8-13(14)19)24-17(22)12-5-3-4-6-15(12)25(2)23/h3-10H,1-2H3,(H,20,21)/t10-,25+/m0/s1. The topological polar surface area (TPSA) is 72.5 Å². The highest BCUT2D eigenvalue weighted by Crippen LogP contribution is 2.17. The molecule has 2 aromatic rings. The summed E-state index contributed by atoms with van der Waals surface area (Å²) in [4.78, 5) is 24.5. The van der Waals surface area contributed by atoms with Crippen LogP contribution in [0.3, 0.4) is 0 Å². The molecule has 8 heteroatoms. The Morgan fingerprint density at radius 1 is 1.16 bits per heavy atom. The number of rotatable bonds is 5. The lowest BCUT2D eigenvalue weighted by molar-refractivity contribution is -0.123. The summed E-state index contributed by atoms with van der Waals surface area (Å²) in [6.45, 7) is 1.29. The number of halogens is 2. The van der Waals surface area contributed by atoms with Gasteiger partial charge in [-0.25, -0.2) is 13.6 Å². The Morgan fingerprint density at radius 3 is 2.52 bits per heavy atom.